The lowest BCUT2D eigenvalue weighted by Gasteiger charge is -2.09. The number of rotatable bonds is 3. The maximum absolute atomic E-state index is 12.5. The number of aryl methyl sites for hydroxylation is 3. The van der Waals surface area contributed by atoms with Gasteiger partial charge >= 0.3 is 0 Å². The molecule has 0 bridgehead atoms. The number of hydrogen-bond donors (Lipinski definition) is 0. The fraction of sp³-hybridized carbons (Fsp3) is 0.375. The molecule has 1 atom stereocenters. The smallest absolute Gasteiger partial charge is 0.147 e. The van der Waals surface area contributed by atoms with Crippen LogP contribution in [-0.4, -0.2) is 10.8 Å². The van der Waals surface area contributed by atoms with Gasteiger partial charge in [0.05, 0.1) is 12.1 Å². The number of carbonyl (C=O) groups is 1. The fourth-order valence-electron chi connectivity index (χ4n) is 2.78. The summed E-state index contributed by atoms with van der Waals surface area (Å²) in [5.41, 5.74) is 3.63. The summed E-state index contributed by atoms with van der Waals surface area (Å²) in [6.45, 7) is 4.07. The third kappa shape index (κ3) is 2.35. The number of nitrogens with zero attached hydrogens (tertiary/aromatic N) is 1. The first-order valence-electron chi connectivity index (χ1n) is 6.68. The first kappa shape index (κ1) is 12.5. The van der Waals surface area contributed by atoms with Crippen molar-refractivity contribution in [2.24, 2.45) is 0 Å². The minimum atomic E-state index is 0.0840. The number of Topliss-reactive ketones (excluding diaryl/α,β-unsaturated/α-hetero) is 1. The lowest BCUT2D eigenvalue weighted by atomic mass is 9.95. The van der Waals surface area contributed by atoms with Gasteiger partial charge in [-0.15, -0.1) is 11.3 Å². The molecule has 0 N–H and O–H groups in total. The van der Waals surface area contributed by atoms with Gasteiger partial charge in [-0.25, -0.2) is 4.98 Å². The second kappa shape index (κ2) is 4.89. The predicted molar refractivity (Wildman–Crippen MR) is 77.8 cm³/mol. The molecule has 2 nitrogen and oxygen atoms in total. The first-order chi connectivity index (χ1) is 9.15. The highest BCUT2D eigenvalue weighted by Crippen LogP contribution is 2.34. The predicted octanol–water partition coefficient (Wildman–Crippen LogP) is 3.60. The summed E-state index contributed by atoms with van der Waals surface area (Å²) < 4.78 is 0. The van der Waals surface area contributed by atoms with Crippen LogP contribution in [0.4, 0.5) is 0 Å². The molecule has 98 valence electrons. The van der Waals surface area contributed by atoms with Crippen molar-refractivity contribution in [1.29, 1.82) is 0 Å². The summed E-state index contributed by atoms with van der Waals surface area (Å²) in [5, 5.41) is 0.962. The molecule has 2 aromatic rings. The molecule has 1 aromatic carbocycles. The molecule has 1 heterocycles. The monoisotopic (exact) mass is 271 g/mol. The molecule has 0 saturated carbocycles. The van der Waals surface area contributed by atoms with E-state index in [4.69, 9.17) is 0 Å². The van der Waals surface area contributed by atoms with Crippen molar-refractivity contribution >= 4 is 17.1 Å². The standard InChI is InChI=1S/C16H17NOS/c1-10-11(2)19-16(17-10)9-15(18)14-8-7-12-5-3-4-6-13(12)14/h3-6,14H,7-9H2,1-2H3. The molecule has 0 amide bonds. The van der Waals surface area contributed by atoms with Crippen LogP contribution in [-0.2, 0) is 17.6 Å². The van der Waals surface area contributed by atoms with E-state index in [0.717, 1.165) is 23.5 Å². The van der Waals surface area contributed by atoms with Gasteiger partial charge < -0.3 is 0 Å². The second-order valence-corrected chi connectivity index (χ2v) is 6.47. The molecule has 0 spiro atoms. The Hall–Kier alpha value is -1.48. The molecule has 1 unspecified atom stereocenters. The number of ketones is 1. The van der Waals surface area contributed by atoms with Gasteiger partial charge in [0, 0.05) is 10.8 Å². The van der Waals surface area contributed by atoms with E-state index in [1.807, 2.05) is 13.0 Å². The zero-order valence-corrected chi connectivity index (χ0v) is 12.1. The SMILES string of the molecule is Cc1nc(CC(=O)C2CCc3ccccc32)sc1C. The fourth-order valence-corrected chi connectivity index (χ4v) is 3.72. The van der Waals surface area contributed by atoms with Crippen molar-refractivity contribution in [3.05, 3.63) is 51.0 Å². The first-order valence-corrected chi connectivity index (χ1v) is 7.50. The summed E-state index contributed by atoms with van der Waals surface area (Å²) in [4.78, 5) is 18.2. The second-order valence-electron chi connectivity index (χ2n) is 5.18. The normalized spacial score (nSPS) is 17.5. The van der Waals surface area contributed by atoms with E-state index in [1.165, 1.54) is 16.0 Å². The number of aromatic nitrogens is 1. The Morgan fingerprint density at radius 2 is 2.16 bits per heavy atom. The summed E-state index contributed by atoms with van der Waals surface area (Å²) in [6.07, 6.45) is 2.47. The van der Waals surface area contributed by atoms with E-state index in [9.17, 15) is 4.79 Å². The largest absolute Gasteiger partial charge is 0.299 e. The lowest BCUT2D eigenvalue weighted by Crippen LogP contribution is -2.12. The Labute approximate surface area is 117 Å². The van der Waals surface area contributed by atoms with Crippen LogP contribution in [0.3, 0.4) is 0 Å². The van der Waals surface area contributed by atoms with Crippen LogP contribution in [0.1, 0.15) is 39.0 Å². The summed E-state index contributed by atoms with van der Waals surface area (Å²) >= 11 is 1.65. The van der Waals surface area contributed by atoms with Gasteiger partial charge in [-0.05, 0) is 37.8 Å². The molecular weight excluding hydrogens is 254 g/mol. The Kier molecular flexibility index (Phi) is 3.23. The molecule has 1 aliphatic carbocycles. The highest BCUT2D eigenvalue weighted by atomic mass is 32.1. The number of hydrogen-bond acceptors (Lipinski definition) is 3. The quantitative estimate of drug-likeness (QED) is 0.853. The number of fused-ring (bicyclic) bond motifs is 1. The number of benzene rings is 1. The average Bonchev–Trinajstić information content (AvgIpc) is 2.94. The van der Waals surface area contributed by atoms with Crippen LogP contribution in [0, 0.1) is 13.8 Å². The number of carbonyl (C=O) groups excluding carboxylic acids is 1. The molecule has 19 heavy (non-hydrogen) atoms. The Balaban J connectivity index is 1.79. The van der Waals surface area contributed by atoms with E-state index in [1.54, 1.807) is 11.3 Å². The van der Waals surface area contributed by atoms with Gasteiger partial charge in [-0.2, -0.15) is 0 Å². The van der Waals surface area contributed by atoms with Crippen molar-refractivity contribution in [3.8, 4) is 0 Å². The molecule has 1 aliphatic rings. The maximum atomic E-state index is 12.5. The van der Waals surface area contributed by atoms with E-state index in [0.29, 0.717) is 12.2 Å². The van der Waals surface area contributed by atoms with E-state index in [-0.39, 0.29) is 5.92 Å². The Bertz CT molecular complexity index is 610. The van der Waals surface area contributed by atoms with Gasteiger partial charge in [0.1, 0.15) is 10.8 Å². The van der Waals surface area contributed by atoms with Gasteiger partial charge in [-0.3, -0.25) is 4.79 Å². The average molecular weight is 271 g/mol. The van der Waals surface area contributed by atoms with Crippen LogP contribution in [0.25, 0.3) is 0 Å². The summed E-state index contributed by atoms with van der Waals surface area (Å²) in [5.74, 6) is 0.402. The lowest BCUT2D eigenvalue weighted by molar-refractivity contribution is -0.119. The van der Waals surface area contributed by atoms with Crippen molar-refractivity contribution in [2.45, 2.75) is 39.0 Å². The Morgan fingerprint density at radius 3 is 2.89 bits per heavy atom. The van der Waals surface area contributed by atoms with Crippen LogP contribution in [0.5, 0.6) is 0 Å². The summed E-state index contributed by atoms with van der Waals surface area (Å²) in [7, 11) is 0. The zero-order valence-electron chi connectivity index (χ0n) is 11.3. The molecule has 0 aliphatic heterocycles. The summed E-state index contributed by atoms with van der Waals surface area (Å²) in [6, 6.07) is 8.32. The molecule has 3 rings (SSSR count). The van der Waals surface area contributed by atoms with Crippen molar-refractivity contribution in [3.63, 3.8) is 0 Å². The van der Waals surface area contributed by atoms with Gasteiger partial charge in [0.25, 0.3) is 0 Å². The third-order valence-electron chi connectivity index (χ3n) is 3.92. The minimum Gasteiger partial charge on any atom is -0.299 e. The van der Waals surface area contributed by atoms with Gasteiger partial charge in [-0.1, -0.05) is 24.3 Å². The molecule has 1 aromatic heterocycles. The van der Waals surface area contributed by atoms with Gasteiger partial charge in [0.2, 0.25) is 0 Å². The van der Waals surface area contributed by atoms with Crippen LogP contribution in [0.2, 0.25) is 0 Å². The molecule has 0 radical (unpaired) electrons. The minimum absolute atomic E-state index is 0.0840. The van der Waals surface area contributed by atoms with Crippen LogP contribution < -0.4 is 0 Å². The molecule has 3 heteroatoms. The maximum Gasteiger partial charge on any atom is 0.147 e. The number of thiazole rings is 1. The zero-order chi connectivity index (χ0) is 13.4. The topological polar surface area (TPSA) is 30.0 Å². The van der Waals surface area contributed by atoms with Crippen LogP contribution in [0.15, 0.2) is 24.3 Å². The highest BCUT2D eigenvalue weighted by molar-refractivity contribution is 7.11. The van der Waals surface area contributed by atoms with Crippen LogP contribution >= 0.6 is 11.3 Å². The van der Waals surface area contributed by atoms with Gasteiger partial charge in [0.15, 0.2) is 0 Å². The van der Waals surface area contributed by atoms with Crippen molar-refractivity contribution < 1.29 is 4.79 Å². The molecular formula is C16H17NOS. The molecule has 0 fully saturated rings. The molecule has 0 saturated heterocycles. The van der Waals surface area contributed by atoms with E-state index < -0.39 is 0 Å². The van der Waals surface area contributed by atoms with E-state index in [2.05, 4.69) is 30.1 Å². The van der Waals surface area contributed by atoms with E-state index >= 15 is 0 Å². The van der Waals surface area contributed by atoms with Crippen molar-refractivity contribution in [1.82, 2.24) is 4.98 Å². The van der Waals surface area contributed by atoms with Crippen molar-refractivity contribution in [2.75, 3.05) is 0 Å². The third-order valence-corrected chi connectivity index (χ3v) is 4.99. The highest BCUT2D eigenvalue weighted by Gasteiger charge is 2.28. The Morgan fingerprint density at radius 1 is 1.37 bits per heavy atom.